The molecule has 2 N–H and O–H groups in total. The van der Waals surface area contributed by atoms with Crippen molar-refractivity contribution in [3.8, 4) is 12.3 Å². The summed E-state index contributed by atoms with van der Waals surface area (Å²) in [5, 5.41) is 20.7. The number of aliphatic carboxylic acids is 1. The first-order chi connectivity index (χ1) is 11.4. The maximum Gasteiger partial charge on any atom is 0.309 e. The summed E-state index contributed by atoms with van der Waals surface area (Å²) in [5.74, 6) is 2.32. The zero-order chi connectivity index (χ0) is 17.4. The number of amides is 1. The minimum Gasteiger partial charge on any atom is -0.481 e. The largest absolute Gasteiger partial charge is 0.481 e. The highest BCUT2D eigenvalue weighted by Gasteiger charge is 2.53. The van der Waals surface area contributed by atoms with E-state index >= 15 is 0 Å². The van der Waals surface area contributed by atoms with Crippen LogP contribution >= 0.6 is 0 Å². The van der Waals surface area contributed by atoms with Crippen molar-refractivity contribution in [3.05, 3.63) is 0 Å². The smallest absolute Gasteiger partial charge is 0.309 e. The van der Waals surface area contributed by atoms with E-state index in [0.717, 1.165) is 19.3 Å². The van der Waals surface area contributed by atoms with E-state index in [0.29, 0.717) is 32.1 Å². The highest BCUT2D eigenvalue weighted by Crippen LogP contribution is 2.52. The molecule has 2 bridgehead atoms. The Morgan fingerprint density at radius 2 is 2.08 bits per heavy atom. The molecule has 4 aliphatic rings. The Hall–Kier alpha value is -1.90. The first-order valence-corrected chi connectivity index (χ1v) is 8.79. The van der Waals surface area contributed by atoms with Crippen molar-refractivity contribution >= 4 is 11.9 Å². The van der Waals surface area contributed by atoms with Gasteiger partial charge in [-0.15, -0.1) is 12.3 Å². The molecule has 3 saturated carbocycles. The summed E-state index contributed by atoms with van der Waals surface area (Å²) in [6, 6.07) is 0.110. The van der Waals surface area contributed by atoms with Gasteiger partial charge in [0.1, 0.15) is 0 Å². The number of nitrogens with one attached hydrogen (secondary N) is 1. The molecule has 3 fully saturated rings. The molecule has 4 unspecified atom stereocenters. The van der Waals surface area contributed by atoms with Crippen LogP contribution in [0.3, 0.4) is 0 Å². The van der Waals surface area contributed by atoms with Crippen LogP contribution in [0.15, 0.2) is 10.2 Å². The predicted molar refractivity (Wildman–Crippen MR) is 88.0 cm³/mol. The molecule has 6 nitrogen and oxygen atoms in total. The fourth-order valence-corrected chi connectivity index (χ4v) is 4.47. The highest BCUT2D eigenvalue weighted by atomic mass is 16.4. The van der Waals surface area contributed by atoms with E-state index in [1.165, 1.54) is 0 Å². The minimum absolute atomic E-state index is 0.0157. The first-order valence-electron chi connectivity index (χ1n) is 8.79. The number of hydrogen-bond acceptors (Lipinski definition) is 4. The molecular weight excluding hydrogens is 306 g/mol. The third-order valence-corrected chi connectivity index (χ3v) is 6.22. The number of carboxylic acid groups (broad SMARTS) is 1. The van der Waals surface area contributed by atoms with E-state index in [1.807, 2.05) is 6.92 Å². The average Bonchev–Trinajstić information content (AvgIpc) is 3.33. The average molecular weight is 331 g/mol. The Bertz CT molecular complexity index is 603. The lowest BCUT2D eigenvalue weighted by Crippen LogP contribution is -2.55. The Labute approximate surface area is 142 Å². The van der Waals surface area contributed by atoms with Crippen molar-refractivity contribution in [3.63, 3.8) is 0 Å². The summed E-state index contributed by atoms with van der Waals surface area (Å²) < 4.78 is 0. The monoisotopic (exact) mass is 331 g/mol. The second-order valence-corrected chi connectivity index (χ2v) is 7.76. The standard InChI is InChI=1S/C18H25N3O3/c1-3-4-8-18(20-21-18)9-7-15(22)19-14-10-13-6-5-12(14)11-17(13,2)16(23)24/h1,12-14H,4-11H2,2H3,(H,19,22)(H,23,24). The molecule has 0 saturated heterocycles. The number of hydrogen-bond donors (Lipinski definition) is 2. The van der Waals surface area contributed by atoms with Crippen molar-refractivity contribution in [2.75, 3.05) is 0 Å². The van der Waals surface area contributed by atoms with Gasteiger partial charge in [-0.25, -0.2) is 0 Å². The van der Waals surface area contributed by atoms with Crippen LogP contribution in [0.1, 0.15) is 58.3 Å². The molecule has 0 radical (unpaired) electrons. The number of carbonyl (C=O) groups is 2. The fourth-order valence-electron chi connectivity index (χ4n) is 4.47. The molecule has 0 aromatic heterocycles. The van der Waals surface area contributed by atoms with E-state index in [9.17, 15) is 14.7 Å². The van der Waals surface area contributed by atoms with Crippen LogP contribution in [0.25, 0.3) is 0 Å². The molecule has 130 valence electrons. The fraction of sp³-hybridized carbons (Fsp3) is 0.778. The number of fused-ring (bicyclic) bond motifs is 3. The van der Waals surface area contributed by atoms with Crippen LogP contribution in [-0.4, -0.2) is 28.7 Å². The van der Waals surface area contributed by atoms with Gasteiger partial charge in [0, 0.05) is 31.7 Å². The summed E-state index contributed by atoms with van der Waals surface area (Å²) in [6.45, 7) is 1.86. The van der Waals surface area contributed by atoms with Crippen molar-refractivity contribution in [1.82, 2.24) is 5.32 Å². The summed E-state index contributed by atoms with van der Waals surface area (Å²) >= 11 is 0. The van der Waals surface area contributed by atoms with E-state index in [-0.39, 0.29) is 23.8 Å². The number of carbonyl (C=O) groups excluding carboxylic acids is 1. The number of nitrogens with zero attached hydrogens (tertiary/aromatic N) is 2. The van der Waals surface area contributed by atoms with Crippen molar-refractivity contribution < 1.29 is 14.7 Å². The third kappa shape index (κ3) is 3.17. The van der Waals surface area contributed by atoms with Crippen molar-refractivity contribution in [2.45, 2.75) is 70.0 Å². The molecule has 3 aliphatic carbocycles. The highest BCUT2D eigenvalue weighted by molar-refractivity contribution is 5.77. The lowest BCUT2D eigenvalue weighted by Gasteiger charge is -2.51. The number of carboxylic acids is 1. The molecule has 24 heavy (non-hydrogen) atoms. The minimum atomic E-state index is -0.700. The van der Waals surface area contributed by atoms with Gasteiger partial charge in [0.05, 0.1) is 5.41 Å². The second-order valence-electron chi connectivity index (χ2n) is 7.76. The van der Waals surface area contributed by atoms with Gasteiger partial charge in [-0.2, -0.15) is 10.2 Å². The van der Waals surface area contributed by atoms with E-state index in [4.69, 9.17) is 6.42 Å². The molecule has 1 amide bonds. The van der Waals surface area contributed by atoms with E-state index in [1.54, 1.807) is 0 Å². The first kappa shape index (κ1) is 16.9. The van der Waals surface area contributed by atoms with Crippen LogP contribution in [0.4, 0.5) is 0 Å². The van der Waals surface area contributed by atoms with Crippen LogP contribution < -0.4 is 5.32 Å². The predicted octanol–water partition coefficient (Wildman–Crippen LogP) is 2.74. The number of rotatable bonds is 7. The maximum atomic E-state index is 12.3. The lowest BCUT2D eigenvalue weighted by atomic mass is 9.55. The molecule has 6 heteroatoms. The van der Waals surface area contributed by atoms with Crippen LogP contribution in [-0.2, 0) is 9.59 Å². The Morgan fingerprint density at radius 1 is 1.33 bits per heavy atom. The zero-order valence-electron chi connectivity index (χ0n) is 14.1. The summed E-state index contributed by atoms with van der Waals surface area (Å²) in [4.78, 5) is 23.9. The molecule has 0 spiro atoms. The lowest BCUT2D eigenvalue weighted by molar-refractivity contribution is -0.160. The van der Waals surface area contributed by atoms with Gasteiger partial charge >= 0.3 is 5.97 Å². The molecule has 4 rings (SSSR count). The van der Waals surface area contributed by atoms with E-state index < -0.39 is 17.0 Å². The van der Waals surface area contributed by atoms with Gasteiger partial charge in [0.15, 0.2) is 5.66 Å². The van der Waals surface area contributed by atoms with Gasteiger partial charge in [-0.05, 0) is 44.4 Å². The van der Waals surface area contributed by atoms with Crippen LogP contribution in [0.5, 0.6) is 0 Å². The molecule has 0 aromatic rings. The quantitative estimate of drug-likeness (QED) is 0.703. The SMILES string of the molecule is C#CCCC1(CCC(=O)NC2CC3CCC2CC3(C)C(=O)O)N=N1. The summed E-state index contributed by atoms with van der Waals surface area (Å²) in [6.07, 6.45) is 11.0. The Morgan fingerprint density at radius 3 is 2.62 bits per heavy atom. The second kappa shape index (κ2) is 6.19. The molecule has 4 atom stereocenters. The van der Waals surface area contributed by atoms with Gasteiger partial charge in [0.25, 0.3) is 0 Å². The van der Waals surface area contributed by atoms with Crippen LogP contribution in [0, 0.1) is 29.6 Å². The molecule has 0 aromatic carbocycles. The number of terminal acetylenes is 1. The molecular formula is C18H25N3O3. The topological polar surface area (TPSA) is 91.1 Å². The van der Waals surface area contributed by atoms with Crippen molar-refractivity contribution in [2.24, 2.45) is 27.5 Å². The zero-order valence-corrected chi connectivity index (χ0v) is 14.1. The maximum absolute atomic E-state index is 12.3. The van der Waals surface area contributed by atoms with Crippen LogP contribution in [0.2, 0.25) is 0 Å². The molecule has 1 heterocycles. The van der Waals surface area contributed by atoms with Gasteiger partial charge in [0.2, 0.25) is 5.91 Å². The summed E-state index contributed by atoms with van der Waals surface area (Å²) in [5.41, 5.74) is -1.05. The Balaban J connectivity index is 1.48. The Kier molecular flexibility index (Phi) is 4.37. The van der Waals surface area contributed by atoms with Gasteiger partial charge in [-0.1, -0.05) is 0 Å². The summed E-state index contributed by atoms with van der Waals surface area (Å²) in [7, 11) is 0. The van der Waals surface area contributed by atoms with E-state index in [2.05, 4.69) is 21.5 Å². The normalized spacial score (nSPS) is 35.2. The molecule has 1 aliphatic heterocycles. The van der Waals surface area contributed by atoms with Crippen molar-refractivity contribution in [1.29, 1.82) is 0 Å². The third-order valence-electron chi connectivity index (χ3n) is 6.22. The van der Waals surface area contributed by atoms with Gasteiger partial charge < -0.3 is 10.4 Å². The van der Waals surface area contributed by atoms with Gasteiger partial charge in [-0.3, -0.25) is 9.59 Å².